The van der Waals surface area contributed by atoms with E-state index in [-0.39, 0.29) is 12.0 Å². The molecule has 3 nitrogen and oxygen atoms in total. The molecule has 92 valence electrons. The minimum atomic E-state index is -0.616. The molecule has 5 atom stereocenters. The van der Waals surface area contributed by atoms with Gasteiger partial charge in [-0.2, -0.15) is 0 Å². The standard InChI is InChI=1S/C13H22O3/c1-4-5-6-13(12(14)15)7-8(2)10-11(16-10)9(13)3/h8-11H,4-7H2,1-3H3,(H,14,15). The Bertz CT molecular complexity index is 289. The predicted octanol–water partition coefficient (Wildman–Crippen LogP) is 2.69. The van der Waals surface area contributed by atoms with Crippen LogP contribution >= 0.6 is 0 Å². The highest BCUT2D eigenvalue weighted by Crippen LogP contribution is 2.55. The Hall–Kier alpha value is -0.570. The second-order valence-electron chi connectivity index (χ2n) is 5.60. The van der Waals surface area contributed by atoms with Gasteiger partial charge in [0.25, 0.3) is 0 Å². The van der Waals surface area contributed by atoms with E-state index < -0.39 is 11.4 Å². The second-order valence-corrected chi connectivity index (χ2v) is 5.60. The first-order chi connectivity index (χ1) is 7.53. The van der Waals surface area contributed by atoms with E-state index in [2.05, 4.69) is 20.8 Å². The third-order valence-corrected chi connectivity index (χ3v) is 4.58. The normalized spacial score (nSPS) is 46.2. The van der Waals surface area contributed by atoms with Crippen LogP contribution in [0.5, 0.6) is 0 Å². The monoisotopic (exact) mass is 226 g/mol. The summed E-state index contributed by atoms with van der Waals surface area (Å²) in [7, 11) is 0. The van der Waals surface area contributed by atoms with Crippen molar-refractivity contribution in [3.63, 3.8) is 0 Å². The van der Waals surface area contributed by atoms with Crippen LogP contribution in [0, 0.1) is 17.3 Å². The third kappa shape index (κ3) is 1.65. The fourth-order valence-electron chi connectivity index (χ4n) is 3.40. The highest BCUT2D eigenvalue weighted by atomic mass is 16.6. The lowest BCUT2D eigenvalue weighted by Gasteiger charge is -2.39. The van der Waals surface area contributed by atoms with Crippen molar-refractivity contribution in [3.8, 4) is 0 Å². The molecule has 0 bridgehead atoms. The van der Waals surface area contributed by atoms with E-state index in [4.69, 9.17) is 4.74 Å². The number of hydrogen-bond acceptors (Lipinski definition) is 2. The Morgan fingerprint density at radius 1 is 1.44 bits per heavy atom. The van der Waals surface area contributed by atoms with Gasteiger partial charge in [0.1, 0.15) is 0 Å². The molecule has 0 aromatic carbocycles. The van der Waals surface area contributed by atoms with E-state index in [9.17, 15) is 9.90 Å². The quantitative estimate of drug-likeness (QED) is 0.750. The number of carboxylic acid groups (broad SMARTS) is 1. The number of unbranched alkanes of at least 4 members (excludes halogenated alkanes) is 1. The predicted molar refractivity (Wildman–Crippen MR) is 61.2 cm³/mol. The van der Waals surface area contributed by atoms with Gasteiger partial charge in [0.15, 0.2) is 0 Å². The second kappa shape index (κ2) is 4.02. The number of rotatable bonds is 4. The Labute approximate surface area is 97.2 Å². The number of ether oxygens (including phenoxy) is 1. The zero-order valence-corrected chi connectivity index (χ0v) is 10.4. The highest BCUT2D eigenvalue weighted by Gasteiger charge is 2.61. The summed E-state index contributed by atoms with van der Waals surface area (Å²) in [6, 6.07) is 0. The first-order valence-corrected chi connectivity index (χ1v) is 6.41. The van der Waals surface area contributed by atoms with Gasteiger partial charge in [0.05, 0.1) is 17.6 Å². The molecular formula is C13H22O3. The minimum absolute atomic E-state index is 0.165. The Balaban J connectivity index is 2.19. The molecule has 3 heteroatoms. The van der Waals surface area contributed by atoms with Gasteiger partial charge >= 0.3 is 5.97 Å². The van der Waals surface area contributed by atoms with Gasteiger partial charge in [-0.1, -0.05) is 33.6 Å². The van der Waals surface area contributed by atoms with Gasteiger partial charge in [0.2, 0.25) is 0 Å². The van der Waals surface area contributed by atoms with Crippen LogP contribution < -0.4 is 0 Å². The molecule has 2 fully saturated rings. The van der Waals surface area contributed by atoms with Gasteiger partial charge < -0.3 is 9.84 Å². The molecule has 0 aromatic heterocycles. The van der Waals surface area contributed by atoms with E-state index >= 15 is 0 Å². The zero-order chi connectivity index (χ0) is 11.9. The molecule has 1 N–H and O–H groups in total. The smallest absolute Gasteiger partial charge is 0.310 e. The average molecular weight is 226 g/mol. The molecule has 1 saturated heterocycles. The number of carboxylic acids is 1. The van der Waals surface area contributed by atoms with Gasteiger partial charge in [-0.05, 0) is 18.8 Å². The summed E-state index contributed by atoms with van der Waals surface area (Å²) in [5, 5.41) is 9.58. The van der Waals surface area contributed by atoms with E-state index in [1.165, 1.54) is 0 Å². The lowest BCUT2D eigenvalue weighted by Crippen LogP contribution is -2.45. The maximum Gasteiger partial charge on any atom is 0.310 e. The van der Waals surface area contributed by atoms with Gasteiger partial charge in [-0.15, -0.1) is 0 Å². The Morgan fingerprint density at radius 3 is 2.69 bits per heavy atom. The number of epoxide rings is 1. The molecule has 2 aliphatic rings. The maximum atomic E-state index is 11.6. The van der Waals surface area contributed by atoms with Crippen molar-refractivity contribution in [2.75, 3.05) is 0 Å². The fraction of sp³-hybridized carbons (Fsp3) is 0.923. The van der Waals surface area contributed by atoms with Crippen LogP contribution in [0.4, 0.5) is 0 Å². The molecule has 1 aliphatic carbocycles. The first kappa shape index (κ1) is 11.9. The van der Waals surface area contributed by atoms with Gasteiger partial charge in [-0.3, -0.25) is 4.79 Å². The van der Waals surface area contributed by atoms with Crippen molar-refractivity contribution >= 4 is 5.97 Å². The fourth-order valence-corrected chi connectivity index (χ4v) is 3.40. The molecule has 0 spiro atoms. The highest BCUT2D eigenvalue weighted by molar-refractivity contribution is 5.75. The zero-order valence-electron chi connectivity index (χ0n) is 10.4. The maximum absolute atomic E-state index is 11.6. The van der Waals surface area contributed by atoms with Crippen molar-refractivity contribution in [3.05, 3.63) is 0 Å². The van der Waals surface area contributed by atoms with E-state index in [0.717, 1.165) is 25.7 Å². The molecule has 1 saturated carbocycles. The average Bonchev–Trinajstić information content (AvgIpc) is 3.01. The van der Waals surface area contributed by atoms with E-state index in [0.29, 0.717) is 12.0 Å². The molecule has 0 aromatic rings. The summed E-state index contributed by atoms with van der Waals surface area (Å²) < 4.78 is 5.62. The van der Waals surface area contributed by atoms with Crippen LogP contribution in [0.2, 0.25) is 0 Å². The molecule has 0 amide bonds. The summed E-state index contributed by atoms with van der Waals surface area (Å²) in [4.78, 5) is 11.6. The molecular weight excluding hydrogens is 204 g/mol. The van der Waals surface area contributed by atoms with Crippen LogP contribution in [0.1, 0.15) is 46.5 Å². The number of aliphatic carboxylic acids is 1. The van der Waals surface area contributed by atoms with Crippen LogP contribution in [-0.2, 0) is 9.53 Å². The third-order valence-electron chi connectivity index (χ3n) is 4.58. The lowest BCUT2D eigenvalue weighted by molar-refractivity contribution is -0.156. The summed E-state index contributed by atoms with van der Waals surface area (Å²) in [6.45, 7) is 6.30. The Kier molecular flexibility index (Phi) is 2.99. The molecule has 2 rings (SSSR count). The SMILES string of the molecule is CCCCC1(C(=O)O)CC(C)C2OC2C1C. The van der Waals surface area contributed by atoms with Crippen LogP contribution in [-0.4, -0.2) is 23.3 Å². The molecule has 0 radical (unpaired) electrons. The van der Waals surface area contributed by atoms with Crippen LogP contribution in [0.25, 0.3) is 0 Å². The van der Waals surface area contributed by atoms with Crippen molar-refractivity contribution in [2.45, 2.75) is 58.7 Å². The molecule has 1 aliphatic heterocycles. The van der Waals surface area contributed by atoms with Crippen molar-refractivity contribution < 1.29 is 14.6 Å². The number of fused-ring (bicyclic) bond motifs is 1. The lowest BCUT2D eigenvalue weighted by atomic mass is 9.61. The largest absolute Gasteiger partial charge is 0.481 e. The summed E-state index contributed by atoms with van der Waals surface area (Å²) in [5.41, 5.74) is -0.535. The Morgan fingerprint density at radius 2 is 2.12 bits per heavy atom. The topological polar surface area (TPSA) is 49.8 Å². The van der Waals surface area contributed by atoms with E-state index in [1.54, 1.807) is 0 Å². The first-order valence-electron chi connectivity index (χ1n) is 6.41. The van der Waals surface area contributed by atoms with Crippen LogP contribution in [0.3, 0.4) is 0 Å². The van der Waals surface area contributed by atoms with E-state index in [1.807, 2.05) is 0 Å². The van der Waals surface area contributed by atoms with Crippen LogP contribution in [0.15, 0.2) is 0 Å². The number of hydrogen-bond donors (Lipinski definition) is 1. The van der Waals surface area contributed by atoms with Crippen molar-refractivity contribution in [1.82, 2.24) is 0 Å². The van der Waals surface area contributed by atoms with Crippen molar-refractivity contribution in [2.24, 2.45) is 17.3 Å². The molecule has 16 heavy (non-hydrogen) atoms. The summed E-state index contributed by atoms with van der Waals surface area (Å²) in [5.74, 6) is -0.0545. The molecule has 1 heterocycles. The minimum Gasteiger partial charge on any atom is -0.481 e. The molecule has 5 unspecified atom stereocenters. The van der Waals surface area contributed by atoms with Gasteiger partial charge in [-0.25, -0.2) is 0 Å². The van der Waals surface area contributed by atoms with Crippen molar-refractivity contribution in [1.29, 1.82) is 0 Å². The number of carbonyl (C=O) groups is 1. The summed E-state index contributed by atoms with van der Waals surface area (Å²) >= 11 is 0. The van der Waals surface area contributed by atoms with Gasteiger partial charge in [0, 0.05) is 5.92 Å². The summed E-state index contributed by atoms with van der Waals surface area (Å²) in [6.07, 6.45) is 4.19.